The minimum absolute atomic E-state index is 0.0385. The molecule has 3 aromatic rings. The van der Waals surface area contributed by atoms with Crippen LogP contribution in [0.15, 0.2) is 73.4 Å². The largest absolute Gasteiger partial charge is 0.457 e. The highest BCUT2D eigenvalue weighted by atomic mass is 19.1. The van der Waals surface area contributed by atoms with Gasteiger partial charge in [-0.05, 0) is 66.9 Å². The Morgan fingerprint density at radius 3 is 2.50 bits per heavy atom. The fourth-order valence-corrected chi connectivity index (χ4v) is 3.88. The Kier molecular flexibility index (Phi) is 6.87. The first kappa shape index (κ1) is 23.0. The van der Waals surface area contributed by atoms with Crippen LogP contribution in [0.3, 0.4) is 0 Å². The van der Waals surface area contributed by atoms with Crippen LogP contribution in [-0.4, -0.2) is 34.8 Å². The van der Waals surface area contributed by atoms with Gasteiger partial charge in [0.15, 0.2) is 0 Å². The second-order valence-corrected chi connectivity index (χ2v) is 7.95. The highest BCUT2D eigenvalue weighted by Crippen LogP contribution is 2.32. The minimum Gasteiger partial charge on any atom is -0.457 e. The van der Waals surface area contributed by atoms with Gasteiger partial charge in [0.2, 0.25) is 11.8 Å². The molecule has 1 aliphatic heterocycles. The maximum absolute atomic E-state index is 13.3. The molecule has 0 aliphatic carbocycles. The first-order chi connectivity index (χ1) is 16.4. The molecule has 1 aliphatic rings. The van der Waals surface area contributed by atoms with E-state index in [9.17, 15) is 14.0 Å². The van der Waals surface area contributed by atoms with Crippen molar-refractivity contribution >= 4 is 11.8 Å². The third-order valence-electron chi connectivity index (χ3n) is 5.59. The molecule has 34 heavy (non-hydrogen) atoms. The molecule has 8 heteroatoms. The number of benzene rings is 2. The third-order valence-corrected chi connectivity index (χ3v) is 5.59. The molecule has 1 saturated heterocycles. The predicted molar refractivity (Wildman–Crippen MR) is 124 cm³/mol. The molecule has 174 valence electrons. The Balaban J connectivity index is 1.49. The number of piperidine rings is 1. The molecular formula is C26H24FN3O4. The first-order valence-corrected chi connectivity index (χ1v) is 10.9. The number of amides is 2. The molecule has 2 N–H and O–H groups in total. The van der Waals surface area contributed by atoms with Crippen LogP contribution in [0.1, 0.15) is 34.7 Å². The highest BCUT2D eigenvalue weighted by molar-refractivity contribution is 5.95. The first-order valence-electron chi connectivity index (χ1n) is 10.9. The van der Waals surface area contributed by atoms with Crippen LogP contribution in [0.4, 0.5) is 4.39 Å². The number of aromatic nitrogens is 1. The Hall–Kier alpha value is -4.20. The molecule has 1 fully saturated rings. The molecule has 2 aromatic carbocycles. The number of nitrogens with two attached hydrogens (primary N) is 1. The number of carbonyl (C=O) groups is 2. The van der Waals surface area contributed by atoms with E-state index in [1.165, 1.54) is 18.2 Å². The number of pyridine rings is 1. The van der Waals surface area contributed by atoms with E-state index in [1.54, 1.807) is 53.6 Å². The second kappa shape index (κ2) is 10.2. The summed E-state index contributed by atoms with van der Waals surface area (Å²) in [7, 11) is 0. The molecule has 0 radical (unpaired) electrons. The van der Waals surface area contributed by atoms with Gasteiger partial charge in [0.1, 0.15) is 28.6 Å². The SMILES string of the molecule is C=CC(=O)N1CCCC(c2cnc(Oc3ccc(Oc4cccc(F)c4)cc3)c(C(N)=O)c2)C1. The summed E-state index contributed by atoms with van der Waals surface area (Å²) in [5.41, 5.74) is 6.58. The summed E-state index contributed by atoms with van der Waals surface area (Å²) < 4.78 is 24.8. The van der Waals surface area contributed by atoms with E-state index in [4.69, 9.17) is 15.2 Å². The fraction of sp³-hybridized carbons (Fsp3) is 0.192. The van der Waals surface area contributed by atoms with Gasteiger partial charge in [-0.3, -0.25) is 9.59 Å². The molecule has 0 saturated carbocycles. The summed E-state index contributed by atoms with van der Waals surface area (Å²) in [6.45, 7) is 4.75. The molecule has 2 amide bonds. The summed E-state index contributed by atoms with van der Waals surface area (Å²) in [6, 6.07) is 14.1. The van der Waals surface area contributed by atoms with Crippen molar-refractivity contribution in [1.29, 1.82) is 0 Å². The lowest BCUT2D eigenvalue weighted by Crippen LogP contribution is -2.38. The van der Waals surface area contributed by atoms with Gasteiger partial charge in [-0.15, -0.1) is 0 Å². The topological polar surface area (TPSA) is 94.8 Å². The molecule has 1 aromatic heterocycles. The van der Waals surface area contributed by atoms with Crippen molar-refractivity contribution in [1.82, 2.24) is 9.88 Å². The summed E-state index contributed by atoms with van der Waals surface area (Å²) in [5, 5.41) is 0. The van der Waals surface area contributed by atoms with E-state index < -0.39 is 5.91 Å². The maximum atomic E-state index is 13.3. The van der Waals surface area contributed by atoms with E-state index in [-0.39, 0.29) is 29.1 Å². The predicted octanol–water partition coefficient (Wildman–Crippen LogP) is 4.80. The van der Waals surface area contributed by atoms with Crippen molar-refractivity contribution in [2.45, 2.75) is 18.8 Å². The number of nitrogens with zero attached hydrogens (tertiary/aromatic N) is 2. The average molecular weight is 461 g/mol. The van der Waals surface area contributed by atoms with E-state index in [2.05, 4.69) is 11.6 Å². The van der Waals surface area contributed by atoms with E-state index in [0.717, 1.165) is 18.4 Å². The smallest absolute Gasteiger partial charge is 0.254 e. The van der Waals surface area contributed by atoms with Gasteiger partial charge in [0.25, 0.3) is 5.91 Å². The van der Waals surface area contributed by atoms with Crippen LogP contribution in [0.25, 0.3) is 0 Å². The molecule has 4 rings (SSSR count). The molecular weight excluding hydrogens is 437 g/mol. The summed E-state index contributed by atoms with van der Waals surface area (Å²) in [6.07, 6.45) is 4.67. The van der Waals surface area contributed by atoms with Gasteiger partial charge in [-0.25, -0.2) is 9.37 Å². The summed E-state index contributed by atoms with van der Waals surface area (Å²) in [5.74, 6) is 0.253. The number of primary amides is 1. The Labute approximate surface area is 196 Å². The second-order valence-electron chi connectivity index (χ2n) is 7.95. The summed E-state index contributed by atoms with van der Waals surface area (Å²) in [4.78, 5) is 30.2. The number of hydrogen-bond acceptors (Lipinski definition) is 5. The van der Waals surface area contributed by atoms with Crippen LogP contribution in [0, 0.1) is 5.82 Å². The zero-order valence-corrected chi connectivity index (χ0v) is 18.4. The average Bonchev–Trinajstić information content (AvgIpc) is 2.85. The van der Waals surface area contributed by atoms with Crippen molar-refractivity contribution in [3.05, 3.63) is 90.4 Å². The lowest BCUT2D eigenvalue weighted by molar-refractivity contribution is -0.127. The van der Waals surface area contributed by atoms with E-state index in [1.807, 2.05) is 0 Å². The zero-order chi connectivity index (χ0) is 24.1. The Morgan fingerprint density at radius 1 is 1.09 bits per heavy atom. The lowest BCUT2D eigenvalue weighted by atomic mass is 9.91. The molecule has 2 heterocycles. The number of rotatable bonds is 7. The lowest BCUT2D eigenvalue weighted by Gasteiger charge is -2.32. The monoisotopic (exact) mass is 461 g/mol. The van der Waals surface area contributed by atoms with E-state index in [0.29, 0.717) is 30.3 Å². The van der Waals surface area contributed by atoms with Gasteiger partial charge in [-0.2, -0.15) is 0 Å². The van der Waals surface area contributed by atoms with Crippen molar-refractivity contribution in [3.8, 4) is 23.1 Å². The van der Waals surface area contributed by atoms with Crippen molar-refractivity contribution in [2.24, 2.45) is 5.73 Å². The van der Waals surface area contributed by atoms with Gasteiger partial charge in [0, 0.05) is 31.3 Å². The Morgan fingerprint density at radius 2 is 1.82 bits per heavy atom. The van der Waals surface area contributed by atoms with Gasteiger partial charge < -0.3 is 20.1 Å². The maximum Gasteiger partial charge on any atom is 0.254 e. The van der Waals surface area contributed by atoms with Crippen LogP contribution in [0.2, 0.25) is 0 Å². The third kappa shape index (κ3) is 5.40. The summed E-state index contributed by atoms with van der Waals surface area (Å²) >= 11 is 0. The number of carbonyl (C=O) groups excluding carboxylic acids is 2. The number of likely N-dealkylation sites (tertiary alicyclic amines) is 1. The number of halogens is 1. The van der Waals surface area contributed by atoms with Crippen molar-refractivity contribution in [3.63, 3.8) is 0 Å². The molecule has 0 spiro atoms. The number of ether oxygens (including phenoxy) is 2. The molecule has 1 atom stereocenters. The van der Waals surface area contributed by atoms with Crippen molar-refractivity contribution in [2.75, 3.05) is 13.1 Å². The van der Waals surface area contributed by atoms with Crippen LogP contribution < -0.4 is 15.2 Å². The quantitative estimate of drug-likeness (QED) is 0.510. The standard InChI is InChI=1S/C26H24FN3O4/c1-2-24(31)30-12-4-5-17(16-30)18-13-23(25(28)32)26(29-15-18)34-21-10-8-20(9-11-21)33-22-7-3-6-19(27)14-22/h2-3,6-11,13-15,17H,1,4-5,12,16H2,(H2,28,32). The fourth-order valence-electron chi connectivity index (χ4n) is 3.88. The molecule has 0 bridgehead atoms. The van der Waals surface area contributed by atoms with Crippen molar-refractivity contribution < 1.29 is 23.5 Å². The molecule has 7 nitrogen and oxygen atoms in total. The number of hydrogen-bond donors (Lipinski definition) is 1. The van der Waals surface area contributed by atoms with Crippen LogP contribution in [-0.2, 0) is 4.79 Å². The van der Waals surface area contributed by atoms with Crippen LogP contribution in [0.5, 0.6) is 23.1 Å². The van der Waals surface area contributed by atoms with Crippen LogP contribution >= 0.6 is 0 Å². The molecule has 1 unspecified atom stereocenters. The van der Waals surface area contributed by atoms with Gasteiger partial charge >= 0.3 is 0 Å². The van der Waals surface area contributed by atoms with E-state index >= 15 is 0 Å². The van der Waals surface area contributed by atoms with Gasteiger partial charge in [-0.1, -0.05) is 12.6 Å². The normalized spacial score (nSPS) is 15.4. The Bertz CT molecular complexity index is 1210. The minimum atomic E-state index is -0.662. The highest BCUT2D eigenvalue weighted by Gasteiger charge is 2.25. The van der Waals surface area contributed by atoms with Gasteiger partial charge in [0.05, 0.1) is 0 Å². The zero-order valence-electron chi connectivity index (χ0n) is 18.4.